The van der Waals surface area contributed by atoms with Gasteiger partial charge >= 0.3 is 15.6 Å². The Morgan fingerprint density at radius 1 is 1.32 bits per heavy atom. The number of nitrogens with zero attached hydrogens (tertiary/aromatic N) is 2. The molecule has 1 atom stereocenters. The topological polar surface area (TPSA) is 95.0 Å². The third kappa shape index (κ3) is 5.20. The van der Waals surface area contributed by atoms with Crippen LogP contribution in [-0.2, 0) is 26.2 Å². The Morgan fingerprint density at radius 2 is 1.97 bits per heavy atom. The summed E-state index contributed by atoms with van der Waals surface area (Å²) in [6.45, 7) is 2.24. The molecule has 0 spiro atoms. The first kappa shape index (κ1) is 25.1. The highest BCUT2D eigenvalue weighted by molar-refractivity contribution is 7.87. The van der Waals surface area contributed by atoms with Crippen LogP contribution in [0.15, 0.2) is 12.1 Å². The van der Waals surface area contributed by atoms with Gasteiger partial charge in [0, 0.05) is 30.6 Å². The van der Waals surface area contributed by atoms with E-state index in [1.807, 2.05) is 11.8 Å². The van der Waals surface area contributed by atoms with Gasteiger partial charge in [0.1, 0.15) is 18.6 Å². The zero-order chi connectivity index (χ0) is 23.6. The molecule has 1 aromatic carbocycles. The van der Waals surface area contributed by atoms with Crippen LogP contribution in [0.3, 0.4) is 0 Å². The lowest BCUT2D eigenvalue weighted by atomic mass is 10.0. The molecule has 2 heterocycles. The number of ether oxygens (including phenoxy) is 2. The fraction of sp³-hybridized carbons (Fsp3) is 0.444. The maximum atomic E-state index is 12.7. The van der Waals surface area contributed by atoms with Crippen LogP contribution in [0.25, 0.3) is 10.9 Å². The number of hydrogen-bond donors (Lipinski definition) is 0. The quantitative estimate of drug-likeness (QED) is 0.362. The summed E-state index contributed by atoms with van der Waals surface area (Å²) < 4.78 is 74.9. The highest BCUT2D eigenvalue weighted by atomic mass is 35.5. The Labute approximate surface area is 182 Å². The molecular formula is C18H20ClF3N2O6S. The van der Waals surface area contributed by atoms with Crippen LogP contribution in [0.2, 0.25) is 5.02 Å². The average Bonchev–Trinajstić information content (AvgIpc) is 2.97. The van der Waals surface area contributed by atoms with E-state index in [1.165, 1.54) is 20.3 Å². The molecule has 8 nitrogen and oxygen atoms in total. The highest BCUT2D eigenvalue weighted by Gasteiger charge is 2.49. The van der Waals surface area contributed by atoms with E-state index < -0.39 is 21.5 Å². The van der Waals surface area contributed by atoms with Gasteiger partial charge in [-0.25, -0.2) is 4.98 Å². The molecule has 1 aliphatic rings. The van der Waals surface area contributed by atoms with Gasteiger partial charge in [0.25, 0.3) is 0 Å². The van der Waals surface area contributed by atoms with Crippen molar-refractivity contribution < 1.29 is 40.0 Å². The van der Waals surface area contributed by atoms with Crippen molar-refractivity contribution in [2.45, 2.75) is 25.0 Å². The van der Waals surface area contributed by atoms with Crippen LogP contribution in [0.4, 0.5) is 13.2 Å². The van der Waals surface area contributed by atoms with E-state index in [0.29, 0.717) is 23.0 Å². The first-order chi connectivity index (χ1) is 14.4. The molecule has 0 saturated carbocycles. The predicted molar refractivity (Wildman–Crippen MR) is 107 cm³/mol. The number of hydrogen-bond acceptors (Lipinski definition) is 8. The molecule has 0 saturated heterocycles. The molecular weight excluding hydrogens is 465 g/mol. The predicted octanol–water partition coefficient (Wildman–Crippen LogP) is 3.46. The normalized spacial score (nSPS) is 16.5. The van der Waals surface area contributed by atoms with Gasteiger partial charge in [-0.1, -0.05) is 11.6 Å². The second kappa shape index (κ2) is 9.55. The first-order valence-electron chi connectivity index (χ1n) is 8.71. The Hall–Kier alpha value is -2.15. The van der Waals surface area contributed by atoms with Crippen LogP contribution in [0.5, 0.6) is 11.6 Å². The Morgan fingerprint density at radius 3 is 2.45 bits per heavy atom. The number of fused-ring (bicyclic) bond motifs is 3. The van der Waals surface area contributed by atoms with Crippen LogP contribution in [0.1, 0.15) is 24.1 Å². The molecule has 13 heteroatoms. The lowest BCUT2D eigenvalue weighted by molar-refractivity contribution is -0.110. The molecule has 172 valence electrons. The average molecular weight is 485 g/mol. The van der Waals surface area contributed by atoms with E-state index >= 15 is 0 Å². The summed E-state index contributed by atoms with van der Waals surface area (Å²) in [5.74, 6) is -0.219. The minimum absolute atomic E-state index is 0.188. The highest BCUT2D eigenvalue weighted by Crippen LogP contribution is 2.44. The number of rotatable bonds is 5. The first-order valence-corrected chi connectivity index (χ1v) is 10.5. The van der Waals surface area contributed by atoms with Gasteiger partial charge in [-0.3, -0.25) is 4.90 Å². The molecule has 0 aliphatic carbocycles. The maximum absolute atomic E-state index is 12.7. The second-order valence-electron chi connectivity index (χ2n) is 6.51. The largest absolute Gasteiger partial charge is 0.534 e. The molecule has 0 amide bonds. The molecule has 31 heavy (non-hydrogen) atoms. The molecule has 0 N–H and O–H groups in total. The monoisotopic (exact) mass is 484 g/mol. The molecule has 0 unspecified atom stereocenters. The molecule has 1 aliphatic heterocycles. The summed E-state index contributed by atoms with van der Waals surface area (Å²) in [6, 6.07) is 2.83. The third-order valence-electron chi connectivity index (χ3n) is 4.56. The van der Waals surface area contributed by atoms with Crippen molar-refractivity contribution in [1.29, 1.82) is 0 Å². The van der Waals surface area contributed by atoms with Gasteiger partial charge in [-0.2, -0.15) is 21.6 Å². The molecule has 0 bridgehead atoms. The van der Waals surface area contributed by atoms with Gasteiger partial charge in [0.05, 0.1) is 17.6 Å². The lowest BCUT2D eigenvalue weighted by Gasteiger charge is -2.17. The van der Waals surface area contributed by atoms with E-state index in [4.69, 9.17) is 16.3 Å². The van der Waals surface area contributed by atoms with Gasteiger partial charge in [0.15, 0.2) is 0 Å². The fourth-order valence-electron chi connectivity index (χ4n) is 2.99. The molecule has 0 radical (unpaired) electrons. The van der Waals surface area contributed by atoms with Crippen LogP contribution >= 0.6 is 11.6 Å². The van der Waals surface area contributed by atoms with Gasteiger partial charge < -0.3 is 18.5 Å². The van der Waals surface area contributed by atoms with E-state index in [0.717, 1.165) is 0 Å². The lowest BCUT2D eigenvalue weighted by Crippen LogP contribution is -2.28. The van der Waals surface area contributed by atoms with Gasteiger partial charge in [-0.15, -0.1) is 0 Å². The zero-order valence-corrected chi connectivity index (χ0v) is 18.6. The molecule has 1 aromatic heterocycles. The number of pyridine rings is 1. The summed E-state index contributed by atoms with van der Waals surface area (Å²) in [7, 11) is -1.17. The van der Waals surface area contributed by atoms with Crippen LogP contribution in [0, 0.1) is 0 Å². The van der Waals surface area contributed by atoms with E-state index in [-0.39, 0.29) is 35.3 Å². The van der Waals surface area contributed by atoms with Gasteiger partial charge in [0.2, 0.25) is 5.88 Å². The summed E-state index contributed by atoms with van der Waals surface area (Å²) in [5.41, 5.74) is -4.43. The molecule has 2 aromatic rings. The Bertz CT molecular complexity index is 1080. The maximum Gasteiger partial charge on any atom is 0.534 e. The molecule has 0 fully saturated rings. The summed E-state index contributed by atoms with van der Waals surface area (Å²) >= 11 is 6.06. The van der Waals surface area contributed by atoms with E-state index in [2.05, 4.69) is 13.9 Å². The second-order valence-corrected chi connectivity index (χ2v) is 8.45. The van der Waals surface area contributed by atoms with Crippen molar-refractivity contribution in [3.8, 4) is 11.6 Å². The van der Waals surface area contributed by atoms with Crippen molar-refractivity contribution in [1.82, 2.24) is 9.88 Å². The Balaban J connectivity index is 0.000000614. The van der Waals surface area contributed by atoms with E-state index in [1.54, 1.807) is 13.1 Å². The van der Waals surface area contributed by atoms with Crippen molar-refractivity contribution in [2.75, 3.05) is 27.9 Å². The van der Waals surface area contributed by atoms with Crippen LogP contribution < -0.4 is 8.92 Å². The number of benzene rings is 1. The number of alkyl halides is 3. The number of aldehydes is 1. The minimum Gasteiger partial charge on any atom is -0.495 e. The van der Waals surface area contributed by atoms with E-state index in [9.17, 15) is 26.4 Å². The number of methoxy groups -OCH3 is 2. The van der Waals surface area contributed by atoms with Crippen LogP contribution in [-0.4, -0.2) is 58.0 Å². The third-order valence-corrected chi connectivity index (χ3v) is 5.80. The number of halogens is 4. The van der Waals surface area contributed by atoms with Crippen molar-refractivity contribution in [3.05, 3.63) is 28.3 Å². The number of carbonyl (C=O) groups excluding carboxylic acids is 1. The number of aromatic nitrogens is 1. The zero-order valence-electron chi connectivity index (χ0n) is 17.0. The fourth-order valence-corrected chi connectivity index (χ4v) is 3.66. The summed E-state index contributed by atoms with van der Waals surface area (Å²) in [5, 5.41) is 0.797. The molecule has 3 rings (SSSR count). The SMILES string of the molecule is COCC=O.COc1cc2c3c(c(OS(=O)(=O)C(F)(F)F)nc2cc1Cl)CN(C)[C@H]3C. The number of carbonyl (C=O) groups is 1. The minimum atomic E-state index is -5.84. The Kier molecular flexibility index (Phi) is 7.74. The summed E-state index contributed by atoms with van der Waals surface area (Å²) in [6.07, 6.45) is 0.708. The smallest absolute Gasteiger partial charge is 0.495 e. The van der Waals surface area contributed by atoms with Crippen molar-refractivity contribution in [2.24, 2.45) is 0 Å². The standard InChI is InChI=1S/C15H14ClF3N2O4S.C3H6O2/c1-7-13-8-4-12(24-3)10(16)5-11(8)20-14(9(13)6-21(7)2)25-26(22,23)15(17,18)19;1-5-3-2-4/h4-5,7H,6H2,1-3H3;2H,3H2,1H3/t7-;/m0./s1. The van der Waals surface area contributed by atoms with Crippen molar-refractivity contribution in [3.63, 3.8) is 0 Å². The van der Waals surface area contributed by atoms with Crippen molar-refractivity contribution >= 4 is 38.9 Å². The van der Waals surface area contributed by atoms with Gasteiger partial charge in [-0.05, 0) is 31.7 Å². The summed E-state index contributed by atoms with van der Waals surface area (Å²) in [4.78, 5) is 15.1.